The highest BCUT2D eigenvalue weighted by molar-refractivity contribution is 5.92. The average Bonchev–Trinajstić information content (AvgIpc) is 2.37. The smallest absolute Gasteiger partial charge is 0.329 e. The first-order valence-electron chi connectivity index (χ1n) is 6.19. The van der Waals surface area contributed by atoms with Crippen LogP contribution in [0.15, 0.2) is 30.3 Å². The molecule has 1 aromatic carbocycles. The molecule has 0 spiro atoms. The van der Waals surface area contributed by atoms with E-state index < -0.39 is 16.9 Å². The van der Waals surface area contributed by atoms with Crippen LogP contribution in [0.5, 0.6) is 0 Å². The second kappa shape index (κ2) is 5.03. The Kier molecular flexibility index (Phi) is 4.03. The van der Waals surface area contributed by atoms with Crippen LogP contribution in [-0.4, -0.2) is 34.5 Å². The van der Waals surface area contributed by atoms with Gasteiger partial charge in [0.15, 0.2) is 0 Å². The predicted molar refractivity (Wildman–Crippen MR) is 74.0 cm³/mol. The van der Waals surface area contributed by atoms with Gasteiger partial charge in [0.05, 0.1) is 5.41 Å². The molecule has 0 heterocycles. The summed E-state index contributed by atoms with van der Waals surface area (Å²) in [6.07, 6.45) is 0. The minimum atomic E-state index is -1.23. The number of benzene rings is 1. The highest BCUT2D eigenvalue weighted by atomic mass is 16.4. The van der Waals surface area contributed by atoms with Crippen molar-refractivity contribution in [3.8, 4) is 0 Å². The minimum absolute atomic E-state index is 0.217. The number of hydrogen-bond donors (Lipinski definition) is 1. The highest BCUT2D eigenvalue weighted by Crippen LogP contribution is 2.28. The number of nitrogens with zero attached hydrogens (tertiary/aromatic N) is 1. The molecule has 1 amide bonds. The molecule has 19 heavy (non-hydrogen) atoms. The van der Waals surface area contributed by atoms with Crippen LogP contribution in [0.3, 0.4) is 0 Å². The fourth-order valence-electron chi connectivity index (χ4n) is 1.79. The summed E-state index contributed by atoms with van der Waals surface area (Å²) in [6.45, 7) is 6.65. The molecule has 1 rings (SSSR count). The standard InChI is InChI=1S/C15H21NO3/c1-14(2,11-9-7-6-8-10-11)12(17)16(5)15(3,4)13(18)19/h6-10H,1-5H3,(H,18,19). The number of carbonyl (C=O) groups is 2. The van der Waals surface area contributed by atoms with Gasteiger partial charge in [-0.2, -0.15) is 0 Å². The van der Waals surface area contributed by atoms with Gasteiger partial charge in [-0.15, -0.1) is 0 Å². The van der Waals surface area contributed by atoms with Crippen molar-refractivity contribution in [3.05, 3.63) is 35.9 Å². The Bertz CT molecular complexity index is 477. The summed E-state index contributed by atoms with van der Waals surface area (Å²) < 4.78 is 0. The third-order valence-electron chi connectivity index (χ3n) is 3.70. The predicted octanol–water partition coefficient (Wildman–Crippen LogP) is 2.29. The van der Waals surface area contributed by atoms with Gasteiger partial charge in [0.2, 0.25) is 5.91 Å². The number of carboxylic acid groups (broad SMARTS) is 1. The zero-order valence-electron chi connectivity index (χ0n) is 12.1. The van der Waals surface area contributed by atoms with E-state index in [1.54, 1.807) is 13.8 Å². The van der Waals surface area contributed by atoms with Crippen molar-refractivity contribution in [3.63, 3.8) is 0 Å². The first-order chi connectivity index (χ1) is 8.61. The molecule has 0 saturated carbocycles. The van der Waals surface area contributed by atoms with Gasteiger partial charge >= 0.3 is 5.97 Å². The summed E-state index contributed by atoms with van der Waals surface area (Å²) in [5.41, 5.74) is -1.13. The SMILES string of the molecule is CN(C(=O)C(C)(C)c1ccccc1)C(C)(C)C(=O)O. The van der Waals surface area contributed by atoms with Crippen LogP contribution >= 0.6 is 0 Å². The number of likely N-dealkylation sites (N-methyl/N-ethyl adjacent to an activating group) is 1. The lowest BCUT2D eigenvalue weighted by Gasteiger charge is -2.37. The summed E-state index contributed by atoms with van der Waals surface area (Å²) in [5.74, 6) is -1.24. The van der Waals surface area contributed by atoms with E-state index >= 15 is 0 Å². The van der Waals surface area contributed by atoms with Gasteiger partial charge in [-0.1, -0.05) is 30.3 Å². The molecule has 0 saturated heterocycles. The molecule has 0 unspecified atom stereocenters. The fourth-order valence-corrected chi connectivity index (χ4v) is 1.79. The van der Waals surface area contributed by atoms with Crippen molar-refractivity contribution in [1.29, 1.82) is 0 Å². The Morgan fingerprint density at radius 2 is 1.53 bits per heavy atom. The van der Waals surface area contributed by atoms with Crippen molar-refractivity contribution in [2.75, 3.05) is 7.05 Å². The Morgan fingerprint density at radius 3 is 1.95 bits per heavy atom. The summed E-state index contributed by atoms with van der Waals surface area (Å²) in [5, 5.41) is 9.20. The Labute approximate surface area is 114 Å². The third-order valence-corrected chi connectivity index (χ3v) is 3.70. The van der Waals surface area contributed by atoms with Gasteiger partial charge in [-0.3, -0.25) is 4.79 Å². The van der Waals surface area contributed by atoms with Crippen molar-refractivity contribution in [1.82, 2.24) is 4.90 Å². The van der Waals surface area contributed by atoms with Crippen LogP contribution in [0.1, 0.15) is 33.3 Å². The lowest BCUT2D eigenvalue weighted by atomic mass is 9.82. The normalized spacial score (nSPS) is 12.1. The van der Waals surface area contributed by atoms with E-state index in [4.69, 9.17) is 0 Å². The minimum Gasteiger partial charge on any atom is -0.480 e. The van der Waals surface area contributed by atoms with Gasteiger partial charge in [0.1, 0.15) is 5.54 Å². The topological polar surface area (TPSA) is 57.6 Å². The van der Waals surface area contributed by atoms with E-state index in [0.29, 0.717) is 0 Å². The lowest BCUT2D eigenvalue weighted by Crippen LogP contribution is -2.55. The monoisotopic (exact) mass is 263 g/mol. The molecule has 104 valence electrons. The number of amides is 1. The van der Waals surface area contributed by atoms with Gasteiger partial charge in [0.25, 0.3) is 0 Å². The van der Waals surface area contributed by atoms with Crippen LogP contribution in [-0.2, 0) is 15.0 Å². The molecular formula is C15H21NO3. The Balaban J connectivity index is 3.10. The van der Waals surface area contributed by atoms with Crippen molar-refractivity contribution >= 4 is 11.9 Å². The largest absolute Gasteiger partial charge is 0.480 e. The van der Waals surface area contributed by atoms with Crippen molar-refractivity contribution in [2.45, 2.75) is 38.6 Å². The first kappa shape index (κ1) is 15.2. The molecule has 1 N–H and O–H groups in total. The number of rotatable bonds is 4. The Morgan fingerprint density at radius 1 is 1.05 bits per heavy atom. The van der Waals surface area contributed by atoms with E-state index in [-0.39, 0.29) is 5.91 Å². The molecule has 4 heteroatoms. The van der Waals surface area contributed by atoms with E-state index in [2.05, 4.69) is 0 Å². The van der Waals surface area contributed by atoms with Crippen LogP contribution in [0.4, 0.5) is 0 Å². The molecule has 0 fully saturated rings. The van der Waals surface area contributed by atoms with Crippen LogP contribution in [0.2, 0.25) is 0 Å². The molecule has 0 atom stereocenters. The van der Waals surface area contributed by atoms with Crippen LogP contribution in [0, 0.1) is 0 Å². The molecule has 0 aromatic heterocycles. The number of carboxylic acids is 1. The van der Waals surface area contributed by atoms with Crippen molar-refractivity contribution < 1.29 is 14.7 Å². The van der Waals surface area contributed by atoms with Crippen molar-refractivity contribution in [2.24, 2.45) is 0 Å². The number of carbonyl (C=O) groups excluding carboxylic acids is 1. The number of aliphatic carboxylic acids is 1. The maximum absolute atomic E-state index is 12.6. The summed E-state index contributed by atoms with van der Waals surface area (Å²) in [6, 6.07) is 9.37. The fraction of sp³-hybridized carbons (Fsp3) is 0.467. The quantitative estimate of drug-likeness (QED) is 0.906. The lowest BCUT2D eigenvalue weighted by molar-refractivity contribution is -0.157. The summed E-state index contributed by atoms with van der Waals surface area (Å²) in [4.78, 5) is 25.1. The third kappa shape index (κ3) is 2.78. The molecule has 0 radical (unpaired) electrons. The molecule has 0 aliphatic carbocycles. The van der Waals surface area contributed by atoms with E-state index in [0.717, 1.165) is 5.56 Å². The second-order valence-electron chi connectivity index (χ2n) is 5.72. The second-order valence-corrected chi connectivity index (χ2v) is 5.72. The zero-order valence-corrected chi connectivity index (χ0v) is 12.1. The van der Waals surface area contributed by atoms with Gasteiger partial charge in [0, 0.05) is 7.05 Å². The molecular weight excluding hydrogens is 242 g/mol. The van der Waals surface area contributed by atoms with Gasteiger partial charge in [-0.25, -0.2) is 4.79 Å². The molecule has 0 aliphatic heterocycles. The summed E-state index contributed by atoms with van der Waals surface area (Å²) in [7, 11) is 1.53. The highest BCUT2D eigenvalue weighted by Gasteiger charge is 2.41. The summed E-state index contributed by atoms with van der Waals surface area (Å²) >= 11 is 0. The molecule has 1 aromatic rings. The van der Waals surface area contributed by atoms with E-state index in [1.165, 1.54) is 25.8 Å². The molecule has 0 bridgehead atoms. The van der Waals surface area contributed by atoms with Gasteiger partial charge < -0.3 is 10.0 Å². The maximum atomic E-state index is 12.6. The van der Waals surface area contributed by atoms with E-state index in [9.17, 15) is 14.7 Å². The van der Waals surface area contributed by atoms with E-state index in [1.807, 2.05) is 30.3 Å². The molecule has 4 nitrogen and oxygen atoms in total. The average molecular weight is 263 g/mol. The molecule has 0 aliphatic rings. The zero-order chi connectivity index (χ0) is 14.8. The Hall–Kier alpha value is -1.84. The number of hydrogen-bond acceptors (Lipinski definition) is 2. The first-order valence-corrected chi connectivity index (χ1v) is 6.19. The van der Waals surface area contributed by atoms with Gasteiger partial charge in [-0.05, 0) is 33.3 Å². The van der Waals surface area contributed by atoms with Crippen LogP contribution in [0.25, 0.3) is 0 Å². The van der Waals surface area contributed by atoms with Crippen LogP contribution < -0.4 is 0 Å². The maximum Gasteiger partial charge on any atom is 0.329 e.